The molecule has 0 amide bonds. The Kier molecular flexibility index (Phi) is 51.4. The molecule has 0 rings (SSSR count). The number of nitrogens with zero attached hydrogens (tertiary/aromatic N) is 1. The Morgan fingerprint density at radius 1 is 0.413 bits per heavy atom. The van der Waals surface area contributed by atoms with E-state index in [1.54, 1.807) is 0 Å². The van der Waals surface area contributed by atoms with Crippen LogP contribution < -0.4 is 0 Å². The number of unbranched alkanes of at least 4 members (excludes halogenated alkanes) is 9. The van der Waals surface area contributed by atoms with Gasteiger partial charge in [-0.15, -0.1) is 0 Å². The molecule has 0 aromatic heterocycles. The number of rotatable bonds is 50. The first kappa shape index (κ1) is 69.9. The molecule has 0 radical (unpaired) electrons. The fraction of sp³-hybridized carbons (Fsp3) is 0.561. The summed E-state index contributed by atoms with van der Waals surface area (Å²) in [6.07, 6.45) is 79.2. The molecule has 0 saturated heterocycles. The fourth-order valence-corrected chi connectivity index (χ4v) is 6.85. The van der Waals surface area contributed by atoms with Gasteiger partial charge in [-0.25, -0.2) is 4.79 Å². The SMILES string of the molecule is CC/C=C\C/C=C\C/C=C\C/C=C\C/C=C\C/C=C\C/C=C\C/C=C\C/C=C\C/C=C\C/C=C\C/C=C\CCCCC(=O)OC(COC(=O)CCCCCCC/C=C\CCCC)COC(OCC[N+](C)(C)C)C(=O)O. The first-order chi connectivity index (χ1) is 36.6. The molecule has 2 unspecified atom stereocenters. The van der Waals surface area contributed by atoms with E-state index in [1.165, 1.54) is 12.8 Å². The maximum atomic E-state index is 12.8. The maximum absolute atomic E-state index is 12.8. The molecule has 0 heterocycles. The molecule has 0 aliphatic rings. The molecule has 0 saturated carbocycles. The predicted molar refractivity (Wildman–Crippen MR) is 317 cm³/mol. The zero-order valence-corrected chi connectivity index (χ0v) is 47.6. The van der Waals surface area contributed by atoms with Crippen molar-refractivity contribution in [1.29, 1.82) is 0 Å². The molecule has 0 spiro atoms. The number of quaternary nitrogens is 1. The van der Waals surface area contributed by atoms with E-state index in [0.29, 0.717) is 17.4 Å². The quantitative estimate of drug-likeness (QED) is 0.0211. The van der Waals surface area contributed by atoms with Crippen molar-refractivity contribution in [2.75, 3.05) is 47.5 Å². The number of carboxylic acids is 1. The van der Waals surface area contributed by atoms with Gasteiger partial charge in [-0.1, -0.05) is 204 Å². The molecule has 420 valence electrons. The first-order valence-electron chi connectivity index (χ1n) is 28.6. The van der Waals surface area contributed by atoms with Crippen molar-refractivity contribution in [3.63, 3.8) is 0 Å². The zero-order chi connectivity index (χ0) is 54.8. The van der Waals surface area contributed by atoms with Gasteiger partial charge in [-0.2, -0.15) is 0 Å². The van der Waals surface area contributed by atoms with Crippen LogP contribution in [0.5, 0.6) is 0 Å². The Balaban J connectivity index is 4.28. The van der Waals surface area contributed by atoms with Crippen molar-refractivity contribution < 1.29 is 42.9 Å². The molecule has 0 aliphatic heterocycles. The van der Waals surface area contributed by atoms with Crippen LogP contribution in [-0.4, -0.2) is 87.4 Å². The highest BCUT2D eigenvalue weighted by Gasteiger charge is 2.25. The lowest BCUT2D eigenvalue weighted by atomic mass is 10.1. The van der Waals surface area contributed by atoms with Crippen molar-refractivity contribution in [2.45, 2.75) is 193 Å². The van der Waals surface area contributed by atoms with Crippen molar-refractivity contribution in [3.8, 4) is 0 Å². The van der Waals surface area contributed by atoms with Crippen LogP contribution in [-0.2, 0) is 33.3 Å². The third-order valence-electron chi connectivity index (χ3n) is 11.3. The molecule has 9 nitrogen and oxygen atoms in total. The van der Waals surface area contributed by atoms with Crippen LogP contribution in [0.1, 0.15) is 181 Å². The minimum absolute atomic E-state index is 0.169. The largest absolute Gasteiger partial charge is 0.477 e. The van der Waals surface area contributed by atoms with Crippen molar-refractivity contribution in [1.82, 2.24) is 0 Å². The number of hydrogen-bond donors (Lipinski definition) is 1. The summed E-state index contributed by atoms with van der Waals surface area (Å²) in [5, 5.41) is 9.66. The molecular formula is C66H104NO8+. The lowest BCUT2D eigenvalue weighted by molar-refractivity contribution is -0.870. The fourth-order valence-electron chi connectivity index (χ4n) is 6.85. The lowest BCUT2D eigenvalue weighted by Crippen LogP contribution is -2.40. The molecule has 0 aromatic rings. The summed E-state index contributed by atoms with van der Waals surface area (Å²) in [5.74, 6) is -2.10. The molecular weight excluding hydrogens is 935 g/mol. The molecule has 1 N–H and O–H groups in total. The Labute approximate surface area is 457 Å². The monoisotopic (exact) mass is 1040 g/mol. The zero-order valence-electron chi connectivity index (χ0n) is 47.6. The van der Waals surface area contributed by atoms with E-state index in [2.05, 4.69) is 172 Å². The highest BCUT2D eigenvalue weighted by atomic mass is 16.7. The highest BCUT2D eigenvalue weighted by molar-refractivity contribution is 5.71. The van der Waals surface area contributed by atoms with Crippen molar-refractivity contribution in [2.24, 2.45) is 0 Å². The average Bonchev–Trinajstić information content (AvgIpc) is 3.38. The van der Waals surface area contributed by atoms with Gasteiger partial charge in [0.05, 0.1) is 34.4 Å². The minimum atomic E-state index is -1.53. The summed E-state index contributed by atoms with van der Waals surface area (Å²) in [6, 6.07) is 0. The van der Waals surface area contributed by atoms with Gasteiger partial charge in [0.2, 0.25) is 0 Å². The molecule has 0 fully saturated rings. The molecule has 0 aliphatic carbocycles. The number of hydrogen-bond acceptors (Lipinski definition) is 7. The lowest BCUT2D eigenvalue weighted by Gasteiger charge is -2.25. The number of likely N-dealkylation sites (N-methyl/N-ethyl adjacent to an activating group) is 1. The van der Waals surface area contributed by atoms with E-state index in [-0.39, 0.29) is 38.6 Å². The maximum Gasteiger partial charge on any atom is 0.361 e. The third-order valence-corrected chi connectivity index (χ3v) is 11.3. The van der Waals surface area contributed by atoms with Crippen LogP contribution in [0.4, 0.5) is 0 Å². The normalized spacial score (nSPS) is 14.0. The van der Waals surface area contributed by atoms with Gasteiger partial charge in [0, 0.05) is 12.8 Å². The van der Waals surface area contributed by atoms with Crippen molar-refractivity contribution in [3.05, 3.63) is 158 Å². The second kappa shape index (κ2) is 55.2. The second-order valence-electron chi connectivity index (χ2n) is 19.5. The molecule has 0 aromatic carbocycles. The summed E-state index contributed by atoms with van der Waals surface area (Å²) >= 11 is 0. The number of carboxylic acid groups (broad SMARTS) is 1. The van der Waals surface area contributed by atoms with Crippen LogP contribution in [0.3, 0.4) is 0 Å². The van der Waals surface area contributed by atoms with Gasteiger partial charge < -0.3 is 28.5 Å². The Hall–Kier alpha value is -5.09. The summed E-state index contributed by atoms with van der Waals surface area (Å²) in [4.78, 5) is 37.2. The van der Waals surface area contributed by atoms with Gasteiger partial charge in [0.1, 0.15) is 13.2 Å². The highest BCUT2D eigenvalue weighted by Crippen LogP contribution is 2.12. The van der Waals surface area contributed by atoms with Crippen LogP contribution >= 0.6 is 0 Å². The minimum Gasteiger partial charge on any atom is -0.477 e. The van der Waals surface area contributed by atoms with Gasteiger partial charge in [-0.05, 0) is 122 Å². The number of aliphatic carboxylic acids is 1. The predicted octanol–water partition coefficient (Wildman–Crippen LogP) is 17.0. The van der Waals surface area contributed by atoms with Gasteiger partial charge in [0.15, 0.2) is 6.10 Å². The van der Waals surface area contributed by atoms with Crippen molar-refractivity contribution >= 4 is 17.9 Å². The van der Waals surface area contributed by atoms with Crippen LogP contribution in [0.25, 0.3) is 0 Å². The number of esters is 2. The second-order valence-corrected chi connectivity index (χ2v) is 19.5. The van der Waals surface area contributed by atoms with Gasteiger partial charge >= 0.3 is 17.9 Å². The molecule has 9 heteroatoms. The topological polar surface area (TPSA) is 108 Å². The standard InChI is InChI=1S/C66H103NO8/c1-6-8-10-12-14-16-18-19-20-21-22-23-24-25-26-27-28-29-30-31-32-33-34-35-36-37-38-39-40-41-42-43-44-45-47-49-51-53-55-57-64(69)75-62(61-74-66(65(70)71)72-59-58-67(3,4)5)60-73-63(68)56-54-52-50-48-46-17-15-13-11-9-7-2/h8,10,13-16,19-20,22-23,25-26,28-29,31-32,34-35,37-38,40-41,43-44,47,49,62,66H,6-7,9,11-12,17-18,21,24,27,30,33,36,39,42,45-46,48,50-61H2,1-5H3/p+1/b10-8-,15-13-,16-14-,20-19-,23-22-,26-25-,29-28-,32-31-,35-34-,38-37-,41-40-,44-43-,49-47-. The van der Waals surface area contributed by atoms with E-state index in [1.807, 2.05) is 21.1 Å². The molecule has 0 bridgehead atoms. The van der Waals surface area contributed by atoms with E-state index in [4.69, 9.17) is 18.9 Å². The Bertz CT molecular complexity index is 1780. The number of carbonyl (C=O) groups excluding carboxylic acids is 2. The average molecular weight is 1040 g/mol. The number of allylic oxidation sites excluding steroid dienone is 26. The van der Waals surface area contributed by atoms with Gasteiger partial charge in [-0.3, -0.25) is 9.59 Å². The van der Waals surface area contributed by atoms with E-state index in [0.717, 1.165) is 135 Å². The third kappa shape index (κ3) is 56.5. The Morgan fingerprint density at radius 3 is 1.17 bits per heavy atom. The summed E-state index contributed by atoms with van der Waals surface area (Å²) < 4.78 is 22.7. The van der Waals surface area contributed by atoms with Crippen LogP contribution in [0.2, 0.25) is 0 Å². The summed E-state index contributed by atoms with van der Waals surface area (Å²) in [5.41, 5.74) is 0. The molecule has 2 atom stereocenters. The first-order valence-corrected chi connectivity index (χ1v) is 28.6. The van der Waals surface area contributed by atoms with E-state index in [9.17, 15) is 19.5 Å². The number of carbonyl (C=O) groups is 3. The molecule has 75 heavy (non-hydrogen) atoms. The van der Waals surface area contributed by atoms with E-state index >= 15 is 0 Å². The van der Waals surface area contributed by atoms with Crippen LogP contribution in [0.15, 0.2) is 158 Å². The number of ether oxygens (including phenoxy) is 4. The summed E-state index contributed by atoms with van der Waals surface area (Å²) in [7, 11) is 5.93. The van der Waals surface area contributed by atoms with Gasteiger partial charge in [0.25, 0.3) is 6.29 Å². The van der Waals surface area contributed by atoms with Crippen LogP contribution in [0, 0.1) is 0 Å². The van der Waals surface area contributed by atoms with E-state index < -0.39 is 24.3 Å². The smallest absolute Gasteiger partial charge is 0.361 e. The Morgan fingerprint density at radius 2 is 0.760 bits per heavy atom. The summed E-state index contributed by atoms with van der Waals surface area (Å²) in [6.45, 7) is 4.62.